The first kappa shape index (κ1) is 16.1. The number of primary amides is 1. The Morgan fingerprint density at radius 2 is 2.00 bits per heavy atom. The highest BCUT2D eigenvalue weighted by molar-refractivity contribution is 7.17. The number of anilines is 2. The summed E-state index contributed by atoms with van der Waals surface area (Å²) in [5, 5.41) is 6.71. The minimum atomic E-state index is -0.479. The molecule has 0 saturated carbocycles. The van der Waals surface area contributed by atoms with E-state index in [4.69, 9.17) is 17.3 Å². The highest BCUT2D eigenvalue weighted by Gasteiger charge is 2.56. The van der Waals surface area contributed by atoms with Crippen LogP contribution in [0.4, 0.5) is 15.5 Å². The van der Waals surface area contributed by atoms with Crippen molar-refractivity contribution in [2.45, 2.75) is 24.9 Å². The number of hydrogen-bond acceptors (Lipinski definition) is 4. The van der Waals surface area contributed by atoms with E-state index in [1.807, 2.05) is 0 Å². The predicted octanol–water partition coefficient (Wildman–Crippen LogP) is 3.45. The van der Waals surface area contributed by atoms with Crippen LogP contribution in [-0.4, -0.2) is 29.4 Å². The zero-order chi connectivity index (χ0) is 18.0. The molecular weight excluding hydrogens is 372 g/mol. The zero-order valence-electron chi connectivity index (χ0n) is 13.8. The van der Waals surface area contributed by atoms with Gasteiger partial charge in [0.1, 0.15) is 5.00 Å². The maximum atomic E-state index is 12.4. The Hall–Kier alpha value is -2.09. The number of fused-ring (bicyclic) bond motifs is 1. The molecule has 0 aliphatic carbocycles. The summed E-state index contributed by atoms with van der Waals surface area (Å²) in [7, 11) is 0. The average molecular weight is 389 g/mol. The van der Waals surface area contributed by atoms with Crippen LogP contribution in [-0.2, 0) is 6.42 Å². The van der Waals surface area contributed by atoms with Gasteiger partial charge in [-0.25, -0.2) is 4.79 Å². The maximum Gasteiger partial charge on any atom is 0.324 e. The fourth-order valence-corrected chi connectivity index (χ4v) is 5.99. The Morgan fingerprint density at radius 3 is 2.73 bits per heavy atom. The van der Waals surface area contributed by atoms with E-state index < -0.39 is 11.9 Å². The van der Waals surface area contributed by atoms with Gasteiger partial charge in [0.2, 0.25) is 0 Å². The van der Waals surface area contributed by atoms with Gasteiger partial charge in [0.25, 0.3) is 5.91 Å². The van der Waals surface area contributed by atoms with E-state index in [2.05, 4.69) is 15.5 Å². The van der Waals surface area contributed by atoms with Crippen LogP contribution >= 0.6 is 22.9 Å². The molecule has 4 aliphatic heterocycles. The first-order valence-corrected chi connectivity index (χ1v) is 9.75. The number of carbonyl (C=O) groups excluding carboxylic acids is 2. The Bertz CT molecular complexity index is 926. The van der Waals surface area contributed by atoms with Crippen molar-refractivity contribution in [2.75, 3.05) is 17.2 Å². The van der Waals surface area contributed by atoms with Crippen LogP contribution in [0, 0.1) is 5.92 Å². The molecule has 4 N–H and O–H groups in total. The van der Waals surface area contributed by atoms with Crippen LogP contribution in [0.5, 0.6) is 0 Å². The number of benzene rings is 1. The van der Waals surface area contributed by atoms with Crippen molar-refractivity contribution >= 4 is 45.6 Å². The van der Waals surface area contributed by atoms with Gasteiger partial charge in [0.05, 0.1) is 5.56 Å². The number of amides is 3. The molecule has 5 heterocycles. The van der Waals surface area contributed by atoms with Gasteiger partial charge in [-0.05, 0) is 48.6 Å². The van der Waals surface area contributed by atoms with Crippen molar-refractivity contribution < 1.29 is 9.59 Å². The first-order chi connectivity index (χ1) is 12.5. The number of carbonyl (C=O) groups is 2. The van der Waals surface area contributed by atoms with Crippen LogP contribution in [0.2, 0.25) is 5.02 Å². The summed E-state index contributed by atoms with van der Waals surface area (Å²) in [4.78, 5) is 28.2. The lowest BCUT2D eigenvalue weighted by Gasteiger charge is -2.43. The summed E-state index contributed by atoms with van der Waals surface area (Å²) < 4.78 is 0. The molecule has 6 rings (SSSR count). The van der Waals surface area contributed by atoms with Crippen LogP contribution in [0.1, 0.15) is 33.3 Å². The van der Waals surface area contributed by atoms with Crippen molar-refractivity contribution in [3.63, 3.8) is 0 Å². The molecule has 3 unspecified atom stereocenters. The minimum Gasteiger partial charge on any atom is -0.365 e. The van der Waals surface area contributed by atoms with E-state index in [1.54, 1.807) is 24.3 Å². The number of nitrogens with two attached hydrogens (primary N) is 1. The van der Waals surface area contributed by atoms with Gasteiger partial charge in [-0.1, -0.05) is 11.6 Å². The van der Waals surface area contributed by atoms with Crippen molar-refractivity contribution in [3.8, 4) is 0 Å². The molecule has 1 aromatic carbocycles. The number of nitrogens with zero attached hydrogens (tertiary/aromatic N) is 1. The molecular formula is C18H17ClN4O2S. The fourth-order valence-electron chi connectivity index (χ4n) is 4.56. The van der Waals surface area contributed by atoms with Crippen molar-refractivity contribution in [1.82, 2.24) is 4.90 Å². The highest BCUT2D eigenvalue weighted by atomic mass is 35.5. The lowest BCUT2D eigenvalue weighted by Crippen LogP contribution is -2.51. The summed E-state index contributed by atoms with van der Waals surface area (Å²) >= 11 is 7.34. The number of hydrogen-bond donors (Lipinski definition) is 3. The van der Waals surface area contributed by atoms with Gasteiger partial charge in [0, 0.05) is 34.2 Å². The Balaban J connectivity index is 1.42. The van der Waals surface area contributed by atoms with Gasteiger partial charge in [-0.3, -0.25) is 15.0 Å². The molecule has 6 nitrogen and oxygen atoms in total. The fraction of sp³-hybridized carbons (Fsp3) is 0.333. The van der Waals surface area contributed by atoms with E-state index in [0.29, 0.717) is 27.3 Å². The smallest absolute Gasteiger partial charge is 0.324 e. The summed E-state index contributed by atoms with van der Waals surface area (Å²) in [6.07, 6.45) is 2.03. The summed E-state index contributed by atoms with van der Waals surface area (Å²) in [6, 6.07) is 7.32. The SMILES string of the molecule is NC(=O)c1c(NC(=O)Nc2ccc(Cl)cc2)sc2c1C1CC3CN1[C@H]3C2. The molecule has 3 fully saturated rings. The van der Waals surface area contributed by atoms with E-state index in [1.165, 1.54) is 16.2 Å². The van der Waals surface area contributed by atoms with Crippen molar-refractivity contribution in [2.24, 2.45) is 11.7 Å². The van der Waals surface area contributed by atoms with Gasteiger partial charge in [-0.15, -0.1) is 11.3 Å². The number of urea groups is 1. The molecule has 26 heavy (non-hydrogen) atoms. The van der Waals surface area contributed by atoms with Crippen LogP contribution in [0.25, 0.3) is 0 Å². The highest BCUT2D eigenvalue weighted by Crippen LogP contribution is 2.57. The first-order valence-electron chi connectivity index (χ1n) is 8.56. The molecule has 0 radical (unpaired) electrons. The van der Waals surface area contributed by atoms with Crippen LogP contribution < -0.4 is 16.4 Å². The normalized spacial score (nSPS) is 27.4. The molecule has 1 aromatic heterocycles. The molecule has 4 atom stereocenters. The average Bonchev–Trinajstić information content (AvgIpc) is 3.23. The second-order valence-corrected chi connectivity index (χ2v) is 8.61. The Labute approximate surface area is 159 Å². The number of halogens is 1. The lowest BCUT2D eigenvalue weighted by molar-refractivity contribution is 0.0705. The summed E-state index contributed by atoms with van der Waals surface area (Å²) in [6.45, 7) is 1.11. The molecule has 3 saturated heterocycles. The third-order valence-electron chi connectivity index (χ3n) is 5.67. The number of nitrogens with one attached hydrogen (secondary N) is 2. The lowest BCUT2D eigenvalue weighted by atomic mass is 9.89. The molecule has 3 amide bonds. The van der Waals surface area contributed by atoms with E-state index in [9.17, 15) is 9.59 Å². The molecule has 4 aliphatic rings. The van der Waals surface area contributed by atoms with Gasteiger partial charge >= 0.3 is 6.03 Å². The van der Waals surface area contributed by atoms with E-state index in [-0.39, 0.29) is 6.04 Å². The van der Waals surface area contributed by atoms with Crippen LogP contribution in [0.3, 0.4) is 0 Å². The quantitative estimate of drug-likeness (QED) is 0.752. The van der Waals surface area contributed by atoms with Gasteiger partial charge in [0.15, 0.2) is 0 Å². The molecule has 4 bridgehead atoms. The number of thiophene rings is 1. The van der Waals surface area contributed by atoms with Crippen LogP contribution in [0.15, 0.2) is 24.3 Å². The maximum absolute atomic E-state index is 12.4. The Morgan fingerprint density at radius 1 is 1.23 bits per heavy atom. The topological polar surface area (TPSA) is 87.5 Å². The van der Waals surface area contributed by atoms with Crippen molar-refractivity contribution in [1.29, 1.82) is 0 Å². The van der Waals surface area contributed by atoms with E-state index >= 15 is 0 Å². The van der Waals surface area contributed by atoms with Gasteiger partial charge in [-0.2, -0.15) is 0 Å². The molecule has 134 valence electrons. The predicted molar refractivity (Wildman–Crippen MR) is 102 cm³/mol. The number of rotatable bonds is 3. The standard InChI is InChI=1S/C18H17ClN4O2S/c19-9-1-3-10(4-2-9)21-18(25)22-17-15(16(20)24)14-12-5-8-7-23(12)11(8)6-13(14)26-17/h1-4,8,11-12H,5-7H2,(H2,20,24)(H2,21,22,25)/t8?,11-,12?/m0/s1. The van der Waals surface area contributed by atoms with E-state index in [0.717, 1.165) is 30.9 Å². The molecule has 8 heteroatoms. The second kappa shape index (κ2) is 5.70. The third-order valence-corrected chi connectivity index (χ3v) is 7.06. The zero-order valence-corrected chi connectivity index (χ0v) is 15.4. The third kappa shape index (κ3) is 2.35. The molecule has 2 aromatic rings. The monoisotopic (exact) mass is 388 g/mol. The second-order valence-electron chi connectivity index (χ2n) is 7.07. The molecule has 0 spiro atoms. The van der Waals surface area contributed by atoms with Gasteiger partial charge < -0.3 is 11.1 Å². The minimum absolute atomic E-state index is 0.280. The summed E-state index contributed by atoms with van der Waals surface area (Å²) in [5.74, 6) is 0.262. The summed E-state index contributed by atoms with van der Waals surface area (Å²) in [5.41, 5.74) is 7.83. The van der Waals surface area contributed by atoms with Crippen molar-refractivity contribution in [3.05, 3.63) is 45.3 Å². The Kier molecular flexibility index (Phi) is 3.53. The largest absolute Gasteiger partial charge is 0.365 e.